The van der Waals surface area contributed by atoms with Crippen molar-refractivity contribution in [3.05, 3.63) is 126 Å². The van der Waals surface area contributed by atoms with Crippen LogP contribution in [-0.2, 0) is 5.60 Å². The van der Waals surface area contributed by atoms with E-state index in [9.17, 15) is 5.11 Å². The SMILES string of the molecule is COc1ccc2cc(C(O)(c3ccc4ccccc4c3)c3ccc4ccccc4c3)oc2c1. The third kappa shape index (κ3) is 3.17. The molecule has 1 N–H and O–H groups in total. The predicted octanol–water partition coefficient (Wildman–Crippen LogP) is 7.03. The van der Waals surface area contributed by atoms with Gasteiger partial charge in [-0.15, -0.1) is 0 Å². The molecule has 1 heterocycles. The van der Waals surface area contributed by atoms with Crippen LogP contribution in [0.25, 0.3) is 32.5 Å². The number of benzene rings is 5. The molecule has 3 heteroatoms. The Morgan fingerprint density at radius 1 is 0.606 bits per heavy atom. The summed E-state index contributed by atoms with van der Waals surface area (Å²) in [6, 6.07) is 36.0. The first-order valence-electron chi connectivity index (χ1n) is 10.9. The van der Waals surface area contributed by atoms with Crippen LogP contribution in [0.5, 0.6) is 5.75 Å². The smallest absolute Gasteiger partial charge is 0.173 e. The quantitative estimate of drug-likeness (QED) is 0.326. The number of hydrogen-bond donors (Lipinski definition) is 1. The van der Waals surface area contributed by atoms with Crippen molar-refractivity contribution in [3.63, 3.8) is 0 Å². The van der Waals surface area contributed by atoms with Gasteiger partial charge in [-0.1, -0.05) is 72.8 Å². The second kappa shape index (κ2) is 7.51. The van der Waals surface area contributed by atoms with Crippen LogP contribution in [0.2, 0.25) is 0 Å². The molecule has 33 heavy (non-hydrogen) atoms. The predicted molar refractivity (Wildman–Crippen MR) is 133 cm³/mol. The maximum Gasteiger partial charge on any atom is 0.173 e. The van der Waals surface area contributed by atoms with E-state index in [0.29, 0.717) is 17.1 Å². The highest BCUT2D eigenvalue weighted by atomic mass is 16.5. The Bertz CT molecular complexity index is 1550. The van der Waals surface area contributed by atoms with E-state index in [-0.39, 0.29) is 0 Å². The summed E-state index contributed by atoms with van der Waals surface area (Å²) in [5, 5.41) is 17.7. The first kappa shape index (κ1) is 19.6. The van der Waals surface area contributed by atoms with Crippen LogP contribution >= 0.6 is 0 Å². The van der Waals surface area contributed by atoms with Gasteiger partial charge in [0.2, 0.25) is 0 Å². The van der Waals surface area contributed by atoms with Crippen molar-refractivity contribution in [3.8, 4) is 5.75 Å². The molecule has 0 aliphatic rings. The second-order valence-electron chi connectivity index (χ2n) is 8.35. The zero-order chi connectivity index (χ0) is 22.4. The molecule has 6 rings (SSSR count). The van der Waals surface area contributed by atoms with E-state index in [1.165, 1.54) is 0 Å². The van der Waals surface area contributed by atoms with Crippen molar-refractivity contribution < 1.29 is 14.3 Å². The molecule has 5 aromatic carbocycles. The second-order valence-corrected chi connectivity index (χ2v) is 8.35. The van der Waals surface area contributed by atoms with Gasteiger partial charge in [0, 0.05) is 11.5 Å². The third-order valence-corrected chi connectivity index (χ3v) is 6.42. The lowest BCUT2D eigenvalue weighted by molar-refractivity contribution is 0.101. The number of hydrogen-bond acceptors (Lipinski definition) is 3. The van der Waals surface area contributed by atoms with E-state index in [0.717, 1.165) is 38.1 Å². The lowest BCUT2D eigenvalue weighted by atomic mass is 9.82. The Labute approximate surface area is 191 Å². The molecular formula is C30H22O3. The zero-order valence-electron chi connectivity index (χ0n) is 18.2. The number of methoxy groups -OCH3 is 1. The minimum atomic E-state index is -1.47. The maximum atomic E-state index is 12.4. The zero-order valence-corrected chi connectivity index (χ0v) is 18.2. The topological polar surface area (TPSA) is 42.6 Å². The number of rotatable bonds is 4. The fourth-order valence-corrected chi connectivity index (χ4v) is 4.60. The molecule has 160 valence electrons. The first-order valence-corrected chi connectivity index (χ1v) is 10.9. The Morgan fingerprint density at radius 3 is 1.73 bits per heavy atom. The molecule has 0 amide bonds. The summed E-state index contributed by atoms with van der Waals surface area (Å²) in [5.41, 5.74) is 0.703. The molecule has 0 bridgehead atoms. The number of aliphatic hydroxyl groups is 1. The molecule has 1 aromatic heterocycles. The van der Waals surface area contributed by atoms with Crippen molar-refractivity contribution in [1.82, 2.24) is 0 Å². The Hall–Kier alpha value is -4.08. The van der Waals surface area contributed by atoms with Crippen LogP contribution in [0.3, 0.4) is 0 Å². The van der Waals surface area contributed by atoms with Gasteiger partial charge in [-0.3, -0.25) is 0 Å². The van der Waals surface area contributed by atoms with Gasteiger partial charge in [0.25, 0.3) is 0 Å². The standard InChI is InChI=1S/C30H22O3/c1-32-27-15-12-24-18-29(33-28(24)19-27)30(31,25-13-10-20-6-2-4-8-22(20)16-25)26-14-11-21-7-3-5-9-23(21)17-26/h2-19,31H,1H3. The summed E-state index contributed by atoms with van der Waals surface area (Å²) in [4.78, 5) is 0. The van der Waals surface area contributed by atoms with Crippen LogP contribution in [0, 0.1) is 0 Å². The average molecular weight is 431 g/mol. The van der Waals surface area contributed by atoms with Crippen LogP contribution in [-0.4, -0.2) is 12.2 Å². The van der Waals surface area contributed by atoms with Gasteiger partial charge >= 0.3 is 0 Å². The van der Waals surface area contributed by atoms with E-state index in [1.54, 1.807) is 7.11 Å². The molecule has 0 saturated heterocycles. The Balaban J connectivity index is 1.63. The van der Waals surface area contributed by atoms with Crippen LogP contribution in [0.4, 0.5) is 0 Å². The average Bonchev–Trinajstić information content (AvgIpc) is 3.31. The van der Waals surface area contributed by atoms with Crippen molar-refractivity contribution in [2.75, 3.05) is 7.11 Å². The fourth-order valence-electron chi connectivity index (χ4n) is 4.60. The molecule has 0 spiro atoms. The Morgan fingerprint density at radius 2 is 1.15 bits per heavy atom. The number of fused-ring (bicyclic) bond motifs is 3. The monoisotopic (exact) mass is 430 g/mol. The summed E-state index contributed by atoms with van der Waals surface area (Å²) in [6.45, 7) is 0. The van der Waals surface area contributed by atoms with E-state index < -0.39 is 5.60 Å². The van der Waals surface area contributed by atoms with Gasteiger partial charge in [0.1, 0.15) is 17.1 Å². The molecule has 0 saturated carbocycles. The highest BCUT2D eigenvalue weighted by Gasteiger charge is 2.38. The maximum absolute atomic E-state index is 12.4. The van der Waals surface area contributed by atoms with E-state index in [4.69, 9.17) is 9.15 Å². The van der Waals surface area contributed by atoms with Crippen LogP contribution < -0.4 is 4.74 Å². The molecule has 0 atom stereocenters. The normalized spacial score (nSPS) is 11.9. The lowest BCUT2D eigenvalue weighted by Gasteiger charge is -2.28. The molecule has 6 aromatic rings. The minimum absolute atomic E-state index is 0.469. The molecule has 0 unspecified atom stereocenters. The van der Waals surface area contributed by atoms with Crippen molar-refractivity contribution in [2.24, 2.45) is 0 Å². The Kier molecular flexibility index (Phi) is 4.46. The molecule has 3 nitrogen and oxygen atoms in total. The van der Waals surface area contributed by atoms with E-state index in [2.05, 4.69) is 24.3 Å². The fraction of sp³-hybridized carbons (Fsp3) is 0.0667. The van der Waals surface area contributed by atoms with Gasteiger partial charge in [0.05, 0.1) is 7.11 Å². The molecule has 0 radical (unpaired) electrons. The van der Waals surface area contributed by atoms with E-state index in [1.807, 2.05) is 84.9 Å². The molecule has 0 fully saturated rings. The molecule has 0 aliphatic heterocycles. The van der Waals surface area contributed by atoms with E-state index >= 15 is 0 Å². The van der Waals surface area contributed by atoms with Crippen LogP contribution in [0.15, 0.2) is 114 Å². The highest BCUT2D eigenvalue weighted by Crippen LogP contribution is 2.41. The van der Waals surface area contributed by atoms with Crippen molar-refractivity contribution in [1.29, 1.82) is 0 Å². The van der Waals surface area contributed by atoms with Gasteiger partial charge < -0.3 is 14.3 Å². The van der Waals surface area contributed by atoms with Gasteiger partial charge in [0.15, 0.2) is 5.60 Å². The number of furan rings is 1. The molecular weight excluding hydrogens is 408 g/mol. The minimum Gasteiger partial charge on any atom is -0.497 e. The van der Waals surface area contributed by atoms with Crippen molar-refractivity contribution >= 4 is 32.5 Å². The van der Waals surface area contributed by atoms with Gasteiger partial charge in [-0.2, -0.15) is 0 Å². The largest absolute Gasteiger partial charge is 0.497 e. The third-order valence-electron chi connectivity index (χ3n) is 6.42. The molecule has 0 aliphatic carbocycles. The first-order chi connectivity index (χ1) is 16.1. The summed E-state index contributed by atoms with van der Waals surface area (Å²) in [7, 11) is 1.63. The highest BCUT2D eigenvalue weighted by molar-refractivity contribution is 5.86. The summed E-state index contributed by atoms with van der Waals surface area (Å²) < 4.78 is 11.6. The summed E-state index contributed by atoms with van der Waals surface area (Å²) >= 11 is 0. The van der Waals surface area contributed by atoms with Gasteiger partial charge in [-0.25, -0.2) is 0 Å². The lowest BCUT2D eigenvalue weighted by Crippen LogP contribution is -2.28. The summed E-state index contributed by atoms with van der Waals surface area (Å²) in [6.07, 6.45) is 0. The van der Waals surface area contributed by atoms with Crippen LogP contribution in [0.1, 0.15) is 16.9 Å². The van der Waals surface area contributed by atoms with Gasteiger partial charge in [-0.05, 0) is 63.0 Å². The summed E-state index contributed by atoms with van der Waals surface area (Å²) in [5.74, 6) is 1.18. The number of ether oxygens (including phenoxy) is 1. The van der Waals surface area contributed by atoms with Crippen molar-refractivity contribution in [2.45, 2.75) is 5.60 Å².